The number of aromatic nitrogens is 2. The summed E-state index contributed by atoms with van der Waals surface area (Å²) >= 11 is 0. The van der Waals surface area contributed by atoms with E-state index < -0.39 is 5.97 Å². The van der Waals surface area contributed by atoms with E-state index >= 15 is 0 Å². The maximum Gasteiger partial charge on any atom is 0.335 e. The Hall–Kier alpha value is -2.69. The molecule has 0 radical (unpaired) electrons. The van der Waals surface area contributed by atoms with Crippen molar-refractivity contribution in [3.05, 3.63) is 53.2 Å². The Bertz CT molecular complexity index is 1020. The summed E-state index contributed by atoms with van der Waals surface area (Å²) in [4.78, 5) is 16.2. The molecule has 1 saturated carbocycles. The van der Waals surface area contributed by atoms with Crippen molar-refractivity contribution in [2.45, 2.75) is 39.7 Å². The van der Waals surface area contributed by atoms with Gasteiger partial charge in [0.2, 0.25) is 0 Å². The summed E-state index contributed by atoms with van der Waals surface area (Å²) in [5, 5.41) is 9.86. The number of aryl methyl sites for hydroxylation is 2. The Labute approximate surface area is 151 Å². The molecule has 1 N–H and O–H groups in total. The molecule has 0 spiro atoms. The number of halogens is 1. The fourth-order valence-corrected chi connectivity index (χ4v) is 3.57. The number of carboxylic acid groups (broad SMARTS) is 1. The predicted molar refractivity (Wildman–Crippen MR) is 98.9 cm³/mol. The number of rotatable bonds is 5. The number of hydrogen-bond acceptors (Lipinski definition) is 2. The highest BCUT2D eigenvalue weighted by molar-refractivity contribution is 6.02. The smallest absolute Gasteiger partial charge is 0.335 e. The minimum atomic E-state index is -1.05. The molecule has 2 heterocycles. The van der Waals surface area contributed by atoms with Gasteiger partial charge in [-0.25, -0.2) is 9.18 Å². The van der Waals surface area contributed by atoms with Gasteiger partial charge in [-0.05, 0) is 50.3 Å². The molecule has 1 aliphatic carbocycles. The molecule has 0 unspecified atom stereocenters. The van der Waals surface area contributed by atoms with Crippen LogP contribution in [0.3, 0.4) is 0 Å². The fourth-order valence-electron chi connectivity index (χ4n) is 3.57. The lowest BCUT2D eigenvalue weighted by atomic mass is 9.97. The molecule has 1 aromatic carbocycles. The minimum absolute atomic E-state index is 0.0956. The van der Waals surface area contributed by atoms with Crippen molar-refractivity contribution in [2.75, 3.05) is 0 Å². The standard InChI is InChI=1S/C21H21FN2O2/c1-3-19-15(7-4-12(2)23-19)16-8-14(21(25)26)9-17-18(22)11-24(20(16)17)10-13-5-6-13/h4,7-9,11,13H,3,5-6,10H2,1-2H3,(H,25,26). The van der Waals surface area contributed by atoms with Gasteiger partial charge in [0.05, 0.1) is 11.1 Å². The van der Waals surface area contributed by atoms with Crippen LogP contribution in [-0.2, 0) is 13.0 Å². The number of hydrogen-bond donors (Lipinski definition) is 1. The molecular weight excluding hydrogens is 331 g/mol. The first-order chi connectivity index (χ1) is 12.5. The number of nitrogens with zero attached hydrogens (tertiary/aromatic N) is 2. The normalized spacial score (nSPS) is 14.1. The second-order valence-electron chi connectivity index (χ2n) is 7.10. The summed E-state index contributed by atoms with van der Waals surface area (Å²) in [6.07, 6.45) is 4.55. The Morgan fingerprint density at radius 3 is 2.73 bits per heavy atom. The summed E-state index contributed by atoms with van der Waals surface area (Å²) in [5.74, 6) is -0.845. The molecule has 26 heavy (non-hydrogen) atoms. The highest BCUT2D eigenvalue weighted by atomic mass is 19.1. The zero-order chi connectivity index (χ0) is 18.4. The van der Waals surface area contributed by atoms with Crippen LogP contribution < -0.4 is 0 Å². The van der Waals surface area contributed by atoms with Crippen molar-refractivity contribution in [1.29, 1.82) is 0 Å². The Morgan fingerprint density at radius 2 is 2.08 bits per heavy atom. The first-order valence-electron chi connectivity index (χ1n) is 9.00. The van der Waals surface area contributed by atoms with Gasteiger partial charge < -0.3 is 9.67 Å². The molecule has 0 saturated heterocycles. The van der Waals surface area contributed by atoms with Crippen LogP contribution in [0.25, 0.3) is 22.0 Å². The molecule has 3 aromatic rings. The minimum Gasteiger partial charge on any atom is -0.478 e. The average Bonchev–Trinajstić information content (AvgIpc) is 3.38. The summed E-state index contributed by atoms with van der Waals surface area (Å²) in [6, 6.07) is 6.97. The van der Waals surface area contributed by atoms with E-state index in [0.29, 0.717) is 11.3 Å². The van der Waals surface area contributed by atoms with Crippen molar-refractivity contribution in [1.82, 2.24) is 9.55 Å². The molecule has 1 aliphatic rings. The van der Waals surface area contributed by atoms with Crippen molar-refractivity contribution < 1.29 is 14.3 Å². The summed E-state index contributed by atoms with van der Waals surface area (Å²) in [5.41, 5.74) is 4.29. The third-order valence-electron chi connectivity index (χ3n) is 5.06. The van der Waals surface area contributed by atoms with Gasteiger partial charge in [0.25, 0.3) is 0 Å². The maximum absolute atomic E-state index is 14.6. The molecule has 0 atom stereocenters. The van der Waals surface area contributed by atoms with E-state index in [1.165, 1.54) is 12.3 Å². The van der Waals surface area contributed by atoms with Gasteiger partial charge in [-0.1, -0.05) is 13.0 Å². The number of pyridine rings is 1. The van der Waals surface area contributed by atoms with E-state index in [1.807, 2.05) is 30.5 Å². The first-order valence-corrected chi connectivity index (χ1v) is 9.00. The largest absolute Gasteiger partial charge is 0.478 e. The lowest BCUT2D eigenvalue weighted by molar-refractivity contribution is 0.0697. The van der Waals surface area contributed by atoms with Crippen molar-refractivity contribution >= 4 is 16.9 Å². The van der Waals surface area contributed by atoms with Crippen LogP contribution in [0.1, 0.15) is 41.5 Å². The summed E-state index contributed by atoms with van der Waals surface area (Å²) in [7, 11) is 0. The number of aromatic carboxylic acids is 1. The highest BCUT2D eigenvalue weighted by Gasteiger charge is 2.25. The lowest BCUT2D eigenvalue weighted by Crippen LogP contribution is -2.03. The molecule has 5 heteroatoms. The molecular formula is C21H21FN2O2. The quantitative estimate of drug-likeness (QED) is 0.716. The van der Waals surface area contributed by atoms with Crippen LogP contribution in [-0.4, -0.2) is 20.6 Å². The molecule has 0 aliphatic heterocycles. The second-order valence-corrected chi connectivity index (χ2v) is 7.10. The highest BCUT2D eigenvalue weighted by Crippen LogP contribution is 2.37. The predicted octanol–water partition coefficient (Wildman–Crippen LogP) is 4.82. The van der Waals surface area contributed by atoms with E-state index in [-0.39, 0.29) is 11.4 Å². The molecule has 4 rings (SSSR count). The summed E-state index contributed by atoms with van der Waals surface area (Å²) < 4.78 is 16.6. The van der Waals surface area contributed by atoms with Gasteiger partial charge in [0.1, 0.15) is 5.82 Å². The monoisotopic (exact) mass is 352 g/mol. The fraction of sp³-hybridized carbons (Fsp3) is 0.333. The first kappa shape index (κ1) is 16.8. The van der Waals surface area contributed by atoms with Gasteiger partial charge in [-0.15, -0.1) is 0 Å². The SMILES string of the molecule is CCc1nc(C)ccc1-c1cc(C(=O)O)cc2c(F)cn(CC3CC3)c12. The van der Waals surface area contributed by atoms with Gasteiger partial charge >= 0.3 is 5.97 Å². The van der Waals surface area contributed by atoms with Crippen LogP contribution in [0, 0.1) is 18.7 Å². The molecule has 4 nitrogen and oxygen atoms in total. The van der Waals surface area contributed by atoms with E-state index in [4.69, 9.17) is 0 Å². The zero-order valence-corrected chi connectivity index (χ0v) is 14.9. The third kappa shape index (κ3) is 2.87. The number of carbonyl (C=O) groups is 1. The topological polar surface area (TPSA) is 55.1 Å². The average molecular weight is 352 g/mol. The molecule has 134 valence electrons. The van der Waals surface area contributed by atoms with E-state index in [2.05, 4.69) is 4.98 Å². The van der Waals surface area contributed by atoms with Crippen LogP contribution in [0.15, 0.2) is 30.5 Å². The Morgan fingerprint density at radius 1 is 1.31 bits per heavy atom. The van der Waals surface area contributed by atoms with Crippen LogP contribution >= 0.6 is 0 Å². The zero-order valence-electron chi connectivity index (χ0n) is 14.9. The Balaban J connectivity index is 2.03. The van der Waals surface area contributed by atoms with Gasteiger partial charge in [-0.3, -0.25) is 4.98 Å². The second kappa shape index (κ2) is 6.24. The summed E-state index contributed by atoms with van der Waals surface area (Å²) in [6.45, 7) is 4.72. The maximum atomic E-state index is 14.6. The van der Waals surface area contributed by atoms with E-state index in [0.717, 1.165) is 53.8 Å². The van der Waals surface area contributed by atoms with Crippen molar-refractivity contribution in [2.24, 2.45) is 5.92 Å². The number of carboxylic acids is 1. The van der Waals surface area contributed by atoms with Gasteiger partial charge in [0, 0.05) is 40.6 Å². The molecule has 0 amide bonds. The van der Waals surface area contributed by atoms with Crippen LogP contribution in [0.2, 0.25) is 0 Å². The number of fused-ring (bicyclic) bond motifs is 1. The molecule has 0 bridgehead atoms. The van der Waals surface area contributed by atoms with Crippen molar-refractivity contribution in [3.63, 3.8) is 0 Å². The molecule has 1 fully saturated rings. The Kier molecular flexibility index (Phi) is 4.02. The van der Waals surface area contributed by atoms with E-state index in [9.17, 15) is 14.3 Å². The van der Waals surface area contributed by atoms with E-state index in [1.54, 1.807) is 6.07 Å². The van der Waals surface area contributed by atoms with Gasteiger partial charge in [0.15, 0.2) is 0 Å². The third-order valence-corrected chi connectivity index (χ3v) is 5.06. The van der Waals surface area contributed by atoms with Crippen molar-refractivity contribution in [3.8, 4) is 11.1 Å². The lowest BCUT2D eigenvalue weighted by Gasteiger charge is -2.14. The van der Waals surface area contributed by atoms with Crippen LogP contribution in [0.5, 0.6) is 0 Å². The van der Waals surface area contributed by atoms with Gasteiger partial charge in [-0.2, -0.15) is 0 Å². The van der Waals surface area contributed by atoms with Crippen LogP contribution in [0.4, 0.5) is 4.39 Å². The number of benzene rings is 1. The molecule has 2 aromatic heterocycles.